The topological polar surface area (TPSA) is 33.7 Å². The van der Waals surface area contributed by atoms with Crippen molar-refractivity contribution < 1.29 is 9.47 Å². The molecule has 2 atom stereocenters. The van der Waals surface area contributed by atoms with E-state index >= 15 is 0 Å². The molecule has 0 saturated carbocycles. The van der Waals surface area contributed by atoms with E-state index in [-0.39, 0.29) is 0 Å². The molecule has 1 aromatic carbocycles. The first kappa shape index (κ1) is 15.1. The van der Waals surface area contributed by atoms with Crippen molar-refractivity contribution in [2.75, 3.05) is 13.2 Å². The molecule has 21 heavy (non-hydrogen) atoms. The fourth-order valence-electron chi connectivity index (χ4n) is 3.18. The van der Waals surface area contributed by atoms with Crippen molar-refractivity contribution in [1.29, 1.82) is 0 Å². The number of ether oxygens (including phenoxy) is 2. The molecule has 5 heteroatoms. The lowest BCUT2D eigenvalue weighted by Gasteiger charge is -2.39. The van der Waals surface area contributed by atoms with Crippen LogP contribution in [0.2, 0.25) is 0 Å². The Balaban J connectivity index is 1.69. The Hall–Kier alpha value is -0.780. The van der Waals surface area contributed by atoms with E-state index in [4.69, 9.17) is 9.47 Å². The number of rotatable bonds is 3. The van der Waals surface area contributed by atoms with Crippen LogP contribution in [0.4, 0.5) is 0 Å². The first-order valence-corrected chi connectivity index (χ1v) is 8.54. The third-order valence-electron chi connectivity index (χ3n) is 4.32. The Bertz CT molecular complexity index is 499. The maximum absolute atomic E-state index is 5.68. The second-order valence-corrected chi connectivity index (χ2v) is 6.83. The molecule has 3 rings (SSSR count). The van der Waals surface area contributed by atoms with Gasteiger partial charge in [0, 0.05) is 18.6 Å². The van der Waals surface area contributed by atoms with E-state index in [1.807, 2.05) is 0 Å². The van der Waals surface area contributed by atoms with Crippen LogP contribution >= 0.6 is 15.9 Å². The van der Waals surface area contributed by atoms with Gasteiger partial charge in [-0.1, -0.05) is 6.42 Å². The molecule has 0 amide bonds. The van der Waals surface area contributed by atoms with Crippen molar-refractivity contribution in [3.63, 3.8) is 0 Å². The Kier molecular flexibility index (Phi) is 4.72. The van der Waals surface area contributed by atoms with Crippen molar-refractivity contribution in [3.8, 4) is 11.5 Å². The highest BCUT2D eigenvalue weighted by Gasteiger charge is 2.24. The fraction of sp³-hybridized carbons (Fsp3) is 0.625. The van der Waals surface area contributed by atoms with Gasteiger partial charge in [-0.25, -0.2) is 5.01 Å². The van der Waals surface area contributed by atoms with Gasteiger partial charge in [-0.15, -0.1) is 0 Å². The van der Waals surface area contributed by atoms with Crippen LogP contribution in [0, 0.1) is 0 Å². The van der Waals surface area contributed by atoms with Crippen LogP contribution in [0.15, 0.2) is 16.6 Å². The smallest absolute Gasteiger partial charge is 0.175 e. The molecule has 0 aliphatic carbocycles. The lowest BCUT2D eigenvalue weighted by Crippen LogP contribution is -2.51. The van der Waals surface area contributed by atoms with Gasteiger partial charge in [-0.05, 0) is 60.3 Å². The number of hydrazine groups is 1. The molecule has 4 nitrogen and oxygen atoms in total. The highest BCUT2D eigenvalue weighted by molar-refractivity contribution is 9.10. The minimum atomic E-state index is 0.592. The zero-order valence-electron chi connectivity index (χ0n) is 12.7. The molecule has 1 fully saturated rings. The lowest BCUT2D eigenvalue weighted by atomic mass is 10.00. The van der Waals surface area contributed by atoms with Gasteiger partial charge in [-0.3, -0.25) is 5.43 Å². The van der Waals surface area contributed by atoms with Crippen LogP contribution in [-0.2, 0) is 6.54 Å². The van der Waals surface area contributed by atoms with Crippen LogP contribution < -0.4 is 14.9 Å². The Labute approximate surface area is 134 Å². The average molecular weight is 355 g/mol. The third-order valence-corrected chi connectivity index (χ3v) is 4.90. The monoisotopic (exact) mass is 354 g/mol. The zero-order valence-corrected chi connectivity index (χ0v) is 14.3. The minimum Gasteiger partial charge on any atom is -0.486 e. The standard InChI is InChI=1S/C16H23BrN2O2/c1-11-4-3-5-12(2)19(11)18-10-13-8-14(17)16-15(9-13)20-6-7-21-16/h8-9,11-12,18H,3-7,10H2,1-2H3. The van der Waals surface area contributed by atoms with Gasteiger partial charge in [0.1, 0.15) is 13.2 Å². The summed E-state index contributed by atoms with van der Waals surface area (Å²) < 4.78 is 12.3. The van der Waals surface area contributed by atoms with Crippen LogP contribution in [0.3, 0.4) is 0 Å². The van der Waals surface area contributed by atoms with Gasteiger partial charge in [0.15, 0.2) is 11.5 Å². The minimum absolute atomic E-state index is 0.592. The number of hydrogen-bond donors (Lipinski definition) is 1. The third kappa shape index (κ3) is 3.35. The molecular formula is C16H23BrN2O2. The van der Waals surface area contributed by atoms with E-state index in [9.17, 15) is 0 Å². The second-order valence-electron chi connectivity index (χ2n) is 5.97. The van der Waals surface area contributed by atoms with Crippen molar-refractivity contribution >= 4 is 15.9 Å². The number of piperidine rings is 1. The van der Waals surface area contributed by atoms with Gasteiger partial charge in [0.2, 0.25) is 0 Å². The van der Waals surface area contributed by atoms with Gasteiger partial charge in [-0.2, -0.15) is 0 Å². The van der Waals surface area contributed by atoms with E-state index in [1.165, 1.54) is 24.8 Å². The van der Waals surface area contributed by atoms with E-state index < -0.39 is 0 Å². The number of nitrogens with one attached hydrogen (secondary N) is 1. The van der Waals surface area contributed by atoms with Crippen molar-refractivity contribution in [2.45, 2.75) is 51.7 Å². The fourth-order valence-corrected chi connectivity index (χ4v) is 3.79. The largest absolute Gasteiger partial charge is 0.486 e. The quantitative estimate of drug-likeness (QED) is 0.900. The molecule has 0 spiro atoms. The van der Waals surface area contributed by atoms with Crippen molar-refractivity contribution in [1.82, 2.24) is 10.4 Å². The first-order chi connectivity index (χ1) is 10.1. The normalized spacial score (nSPS) is 25.9. The van der Waals surface area contributed by atoms with E-state index in [0.717, 1.165) is 22.5 Å². The number of benzene rings is 1. The predicted molar refractivity (Wildman–Crippen MR) is 86.6 cm³/mol. The van der Waals surface area contributed by atoms with Crippen LogP contribution in [0.1, 0.15) is 38.7 Å². The second kappa shape index (κ2) is 6.55. The number of fused-ring (bicyclic) bond motifs is 1. The highest BCUT2D eigenvalue weighted by atomic mass is 79.9. The maximum Gasteiger partial charge on any atom is 0.175 e. The molecule has 0 aromatic heterocycles. The highest BCUT2D eigenvalue weighted by Crippen LogP contribution is 2.38. The van der Waals surface area contributed by atoms with Crippen molar-refractivity contribution in [3.05, 3.63) is 22.2 Å². The molecule has 0 radical (unpaired) electrons. The van der Waals surface area contributed by atoms with Crippen molar-refractivity contribution in [2.24, 2.45) is 0 Å². The summed E-state index contributed by atoms with van der Waals surface area (Å²) in [5, 5.41) is 2.40. The SMILES string of the molecule is CC1CCCC(C)N1NCc1cc(Br)c2c(c1)OCCO2. The van der Waals surface area contributed by atoms with Crippen LogP contribution in [0.25, 0.3) is 0 Å². The molecule has 1 saturated heterocycles. The molecule has 1 aromatic rings. The van der Waals surface area contributed by atoms with Gasteiger partial charge in [0.05, 0.1) is 4.47 Å². The number of nitrogens with zero attached hydrogens (tertiary/aromatic N) is 1. The van der Waals surface area contributed by atoms with E-state index in [1.54, 1.807) is 0 Å². The van der Waals surface area contributed by atoms with Crippen LogP contribution in [0.5, 0.6) is 11.5 Å². The Morgan fingerprint density at radius 3 is 2.67 bits per heavy atom. The number of hydrogen-bond acceptors (Lipinski definition) is 4. The van der Waals surface area contributed by atoms with E-state index in [2.05, 4.69) is 52.3 Å². The summed E-state index contributed by atoms with van der Waals surface area (Å²) >= 11 is 3.58. The first-order valence-electron chi connectivity index (χ1n) is 7.75. The summed E-state index contributed by atoms with van der Waals surface area (Å²) in [5.41, 5.74) is 4.79. The Morgan fingerprint density at radius 1 is 1.19 bits per heavy atom. The summed E-state index contributed by atoms with van der Waals surface area (Å²) in [4.78, 5) is 0. The molecule has 2 aliphatic rings. The molecular weight excluding hydrogens is 332 g/mol. The average Bonchev–Trinajstić information content (AvgIpc) is 2.47. The predicted octanol–water partition coefficient (Wildman–Crippen LogP) is 3.49. The van der Waals surface area contributed by atoms with Gasteiger partial charge >= 0.3 is 0 Å². The van der Waals surface area contributed by atoms with Crippen LogP contribution in [-0.4, -0.2) is 30.3 Å². The van der Waals surface area contributed by atoms with Gasteiger partial charge < -0.3 is 9.47 Å². The molecule has 2 unspecified atom stereocenters. The summed E-state index contributed by atoms with van der Waals surface area (Å²) in [6, 6.07) is 5.37. The van der Waals surface area contributed by atoms with E-state index in [0.29, 0.717) is 25.3 Å². The molecule has 1 N–H and O–H groups in total. The summed E-state index contributed by atoms with van der Waals surface area (Å²) in [6.07, 6.45) is 3.86. The maximum atomic E-state index is 5.68. The summed E-state index contributed by atoms with van der Waals surface area (Å²) in [6.45, 7) is 6.64. The summed E-state index contributed by atoms with van der Waals surface area (Å²) in [5.74, 6) is 1.66. The molecule has 116 valence electrons. The van der Waals surface area contributed by atoms with Gasteiger partial charge in [0.25, 0.3) is 0 Å². The lowest BCUT2D eigenvalue weighted by molar-refractivity contribution is 0.0435. The molecule has 0 bridgehead atoms. The zero-order chi connectivity index (χ0) is 14.8. The Morgan fingerprint density at radius 2 is 1.90 bits per heavy atom. The number of halogens is 1. The molecule has 2 heterocycles. The molecule has 2 aliphatic heterocycles. The summed E-state index contributed by atoms with van der Waals surface area (Å²) in [7, 11) is 0.